The van der Waals surface area contributed by atoms with Crippen molar-refractivity contribution in [3.63, 3.8) is 0 Å². The maximum absolute atomic E-state index is 12.8. The number of urea groups is 1. The summed E-state index contributed by atoms with van der Waals surface area (Å²) in [5.74, 6) is 0.299. The summed E-state index contributed by atoms with van der Waals surface area (Å²) in [5.41, 5.74) is 3.35. The fourth-order valence-electron chi connectivity index (χ4n) is 3.76. The Balaban J connectivity index is 1.21. The molecule has 11 nitrogen and oxygen atoms in total. The zero-order valence-electron chi connectivity index (χ0n) is 20.8. The van der Waals surface area contributed by atoms with E-state index in [9.17, 15) is 13.2 Å². The standard InChI is InChI=1S/C27H25N7O4S/c1-18(23-7-3-5-15-29-23)31-27(35)34-26-32-24-13-10-21(16-25(24)33-26)38-39(36,37)22-11-8-19(9-12-22)30-17-20-6-2-4-14-28-20/h2-16,18,30H,17H2,1H3,(H3,31,32,33,34,35). The van der Waals surface area contributed by atoms with E-state index in [0.29, 0.717) is 17.6 Å². The third-order valence-electron chi connectivity index (χ3n) is 5.71. The van der Waals surface area contributed by atoms with Gasteiger partial charge in [0.15, 0.2) is 0 Å². The third-order valence-corrected chi connectivity index (χ3v) is 6.97. The molecule has 0 aliphatic heterocycles. The maximum atomic E-state index is 12.8. The summed E-state index contributed by atoms with van der Waals surface area (Å²) >= 11 is 0. The molecule has 0 saturated heterocycles. The van der Waals surface area contributed by atoms with Gasteiger partial charge in [0, 0.05) is 24.1 Å². The number of rotatable bonds is 9. The van der Waals surface area contributed by atoms with Gasteiger partial charge >= 0.3 is 16.1 Å². The summed E-state index contributed by atoms with van der Waals surface area (Å²) in [6.45, 7) is 2.33. The molecule has 1 atom stereocenters. The van der Waals surface area contributed by atoms with Crippen LogP contribution in [0, 0.1) is 0 Å². The van der Waals surface area contributed by atoms with Crippen LogP contribution in [0.15, 0.2) is 96.2 Å². The van der Waals surface area contributed by atoms with Gasteiger partial charge in [-0.15, -0.1) is 0 Å². The molecule has 0 spiro atoms. The molecule has 12 heteroatoms. The first kappa shape index (κ1) is 25.7. The van der Waals surface area contributed by atoms with Crippen molar-refractivity contribution < 1.29 is 17.4 Å². The second kappa shape index (κ2) is 11.2. The van der Waals surface area contributed by atoms with E-state index in [0.717, 1.165) is 17.1 Å². The maximum Gasteiger partial charge on any atom is 0.339 e. The number of imidazole rings is 1. The number of carbonyl (C=O) groups is 1. The zero-order chi connectivity index (χ0) is 27.2. The van der Waals surface area contributed by atoms with Crippen LogP contribution in [0.25, 0.3) is 11.0 Å². The first-order chi connectivity index (χ1) is 18.9. The van der Waals surface area contributed by atoms with E-state index in [-0.39, 0.29) is 22.6 Å². The van der Waals surface area contributed by atoms with Gasteiger partial charge in [-0.25, -0.2) is 9.78 Å². The van der Waals surface area contributed by atoms with Crippen molar-refractivity contribution in [3.8, 4) is 5.75 Å². The number of amides is 2. The molecule has 0 bridgehead atoms. The van der Waals surface area contributed by atoms with Gasteiger partial charge in [-0.3, -0.25) is 15.3 Å². The lowest BCUT2D eigenvalue weighted by molar-refractivity contribution is 0.249. The summed E-state index contributed by atoms with van der Waals surface area (Å²) < 4.78 is 31.0. The van der Waals surface area contributed by atoms with Crippen molar-refractivity contribution in [2.24, 2.45) is 0 Å². The van der Waals surface area contributed by atoms with Gasteiger partial charge in [0.25, 0.3) is 0 Å². The first-order valence-electron chi connectivity index (χ1n) is 12.0. The molecule has 3 heterocycles. The van der Waals surface area contributed by atoms with Crippen LogP contribution in [0.5, 0.6) is 5.75 Å². The summed E-state index contributed by atoms with van der Waals surface area (Å²) in [6.07, 6.45) is 3.37. The number of hydrogen-bond donors (Lipinski definition) is 4. The molecule has 5 aromatic rings. The molecule has 2 amide bonds. The molecule has 0 fully saturated rings. The molecule has 0 aliphatic carbocycles. The second-order valence-electron chi connectivity index (χ2n) is 8.58. The number of pyridine rings is 2. The van der Waals surface area contributed by atoms with E-state index in [1.54, 1.807) is 36.7 Å². The average molecular weight is 544 g/mol. The van der Waals surface area contributed by atoms with E-state index < -0.39 is 16.1 Å². The Morgan fingerprint density at radius 3 is 2.46 bits per heavy atom. The highest BCUT2D eigenvalue weighted by atomic mass is 32.2. The van der Waals surface area contributed by atoms with Crippen LogP contribution < -0.4 is 20.1 Å². The molecule has 0 aliphatic rings. The van der Waals surface area contributed by atoms with Crippen LogP contribution in [-0.2, 0) is 16.7 Å². The second-order valence-corrected chi connectivity index (χ2v) is 10.1. The normalized spacial score (nSPS) is 12.0. The Labute approximate surface area is 224 Å². The van der Waals surface area contributed by atoms with E-state index in [2.05, 4.69) is 35.9 Å². The monoisotopic (exact) mass is 543 g/mol. The van der Waals surface area contributed by atoms with Crippen molar-refractivity contribution in [1.29, 1.82) is 0 Å². The van der Waals surface area contributed by atoms with Crippen molar-refractivity contribution in [2.45, 2.75) is 24.4 Å². The predicted molar refractivity (Wildman–Crippen MR) is 147 cm³/mol. The molecule has 198 valence electrons. The SMILES string of the molecule is CC(NC(=O)Nc1nc2ccc(OS(=O)(=O)c3ccc(NCc4ccccn4)cc3)cc2[nH]1)c1ccccn1. The lowest BCUT2D eigenvalue weighted by Gasteiger charge is -2.12. The topological polar surface area (TPSA) is 151 Å². The van der Waals surface area contributed by atoms with E-state index in [1.807, 2.05) is 37.3 Å². The average Bonchev–Trinajstić information content (AvgIpc) is 3.34. The molecule has 0 saturated carbocycles. The van der Waals surface area contributed by atoms with Gasteiger partial charge in [0.1, 0.15) is 10.6 Å². The summed E-state index contributed by atoms with van der Waals surface area (Å²) in [6, 6.07) is 21.2. The zero-order valence-corrected chi connectivity index (χ0v) is 21.6. The Bertz CT molecular complexity index is 1680. The Kier molecular flexibility index (Phi) is 7.37. The van der Waals surface area contributed by atoms with Crippen molar-refractivity contribution in [1.82, 2.24) is 25.3 Å². The number of fused-ring (bicyclic) bond motifs is 1. The van der Waals surface area contributed by atoms with Gasteiger partial charge in [0.05, 0.1) is 35.0 Å². The van der Waals surface area contributed by atoms with Crippen molar-refractivity contribution in [2.75, 3.05) is 10.6 Å². The molecule has 4 N–H and O–H groups in total. The minimum Gasteiger partial charge on any atom is -0.379 e. The minimum absolute atomic E-state index is 0.0108. The lowest BCUT2D eigenvalue weighted by atomic mass is 10.2. The fraction of sp³-hybridized carbons (Fsp3) is 0.111. The van der Waals surface area contributed by atoms with Crippen LogP contribution in [-0.4, -0.2) is 34.4 Å². The summed E-state index contributed by atoms with van der Waals surface area (Å²) in [7, 11) is -4.08. The number of anilines is 2. The molecule has 1 unspecified atom stereocenters. The van der Waals surface area contributed by atoms with Crippen molar-refractivity contribution >= 4 is 38.8 Å². The van der Waals surface area contributed by atoms with E-state index in [1.165, 1.54) is 24.3 Å². The number of aromatic nitrogens is 4. The molecular weight excluding hydrogens is 518 g/mol. The highest BCUT2D eigenvalue weighted by Gasteiger charge is 2.18. The van der Waals surface area contributed by atoms with Crippen molar-refractivity contribution in [3.05, 3.63) is 103 Å². The number of aromatic amines is 1. The largest absolute Gasteiger partial charge is 0.379 e. The van der Waals surface area contributed by atoms with Gasteiger partial charge < -0.3 is 19.8 Å². The third kappa shape index (κ3) is 6.48. The summed E-state index contributed by atoms with van der Waals surface area (Å²) in [5, 5.41) is 8.62. The van der Waals surface area contributed by atoms with Crippen LogP contribution in [0.4, 0.5) is 16.4 Å². The first-order valence-corrected chi connectivity index (χ1v) is 13.4. The van der Waals surface area contributed by atoms with Gasteiger partial charge in [-0.05, 0) is 67.6 Å². The number of H-pyrrole nitrogens is 1. The molecule has 0 radical (unpaired) electrons. The Morgan fingerprint density at radius 2 is 1.74 bits per heavy atom. The molecule has 5 rings (SSSR count). The molecule has 39 heavy (non-hydrogen) atoms. The predicted octanol–water partition coefficient (Wildman–Crippen LogP) is 4.62. The van der Waals surface area contributed by atoms with Gasteiger partial charge in [-0.1, -0.05) is 12.1 Å². The highest BCUT2D eigenvalue weighted by molar-refractivity contribution is 7.87. The Hall–Kier alpha value is -4.97. The van der Waals surface area contributed by atoms with E-state index in [4.69, 9.17) is 4.18 Å². The van der Waals surface area contributed by atoms with Crippen LogP contribution in [0.1, 0.15) is 24.4 Å². The number of nitrogens with one attached hydrogen (secondary N) is 4. The molecule has 2 aromatic carbocycles. The Morgan fingerprint density at radius 1 is 0.974 bits per heavy atom. The quantitative estimate of drug-likeness (QED) is 0.197. The van der Waals surface area contributed by atoms with Gasteiger partial charge in [-0.2, -0.15) is 8.42 Å². The fourth-order valence-corrected chi connectivity index (χ4v) is 4.68. The lowest BCUT2D eigenvalue weighted by Crippen LogP contribution is -2.31. The smallest absolute Gasteiger partial charge is 0.339 e. The molecule has 3 aromatic heterocycles. The van der Waals surface area contributed by atoms with E-state index >= 15 is 0 Å². The minimum atomic E-state index is -4.08. The number of carbonyl (C=O) groups excluding carboxylic acids is 1. The van der Waals surface area contributed by atoms with Gasteiger partial charge in [0.2, 0.25) is 5.95 Å². The van der Waals surface area contributed by atoms with Crippen LogP contribution in [0.2, 0.25) is 0 Å². The number of nitrogens with zero attached hydrogens (tertiary/aromatic N) is 3. The molecular formula is C27H25N7O4S. The number of hydrogen-bond acceptors (Lipinski definition) is 8. The highest BCUT2D eigenvalue weighted by Crippen LogP contribution is 2.25. The van der Waals surface area contributed by atoms with Crippen LogP contribution in [0.3, 0.4) is 0 Å². The summed E-state index contributed by atoms with van der Waals surface area (Å²) in [4.78, 5) is 28.2. The van der Waals surface area contributed by atoms with Crippen LogP contribution >= 0.6 is 0 Å². The number of benzene rings is 2.